The predicted octanol–water partition coefficient (Wildman–Crippen LogP) is 5.68. The van der Waals surface area contributed by atoms with Crippen LogP contribution in [0.25, 0.3) is 0 Å². The first-order chi connectivity index (χ1) is 18.9. The molecule has 216 valence electrons. The quantitative estimate of drug-likeness (QED) is 0.532. The van der Waals surface area contributed by atoms with E-state index >= 15 is 0 Å². The molecular formula is C32H43FN4O3. The zero-order valence-corrected chi connectivity index (χ0v) is 24.7. The molecule has 0 aliphatic carbocycles. The molecule has 0 saturated carbocycles. The molecule has 2 aromatic carbocycles. The summed E-state index contributed by atoms with van der Waals surface area (Å²) in [5.74, 6) is -1.45. The van der Waals surface area contributed by atoms with E-state index in [1.807, 2.05) is 23.1 Å². The van der Waals surface area contributed by atoms with Crippen LogP contribution in [0, 0.1) is 24.6 Å². The van der Waals surface area contributed by atoms with Gasteiger partial charge in [-0.1, -0.05) is 45.0 Å². The Kier molecular flexibility index (Phi) is 8.86. The average molecular weight is 551 g/mol. The Morgan fingerprint density at radius 3 is 2.27 bits per heavy atom. The molecule has 40 heavy (non-hydrogen) atoms. The number of urea groups is 1. The van der Waals surface area contributed by atoms with Gasteiger partial charge >= 0.3 is 6.03 Å². The number of benzene rings is 2. The Morgan fingerprint density at radius 1 is 0.975 bits per heavy atom. The molecule has 4 rings (SSSR count). The fourth-order valence-corrected chi connectivity index (χ4v) is 6.18. The van der Waals surface area contributed by atoms with Crippen LogP contribution in [0.15, 0.2) is 42.5 Å². The van der Waals surface area contributed by atoms with Gasteiger partial charge in [0.15, 0.2) is 0 Å². The van der Waals surface area contributed by atoms with Crippen molar-refractivity contribution in [2.24, 2.45) is 11.8 Å². The number of carbonyl (C=O) groups excluding carboxylic acids is 3. The number of amides is 4. The molecule has 2 atom stereocenters. The minimum Gasteiger partial charge on any atom is -0.334 e. The molecule has 8 heteroatoms. The second-order valence-corrected chi connectivity index (χ2v) is 12.5. The lowest BCUT2D eigenvalue weighted by Gasteiger charge is -2.47. The van der Waals surface area contributed by atoms with E-state index in [9.17, 15) is 18.8 Å². The number of piperidine rings is 2. The molecule has 2 aliphatic heterocycles. The summed E-state index contributed by atoms with van der Waals surface area (Å²) >= 11 is 0. The van der Waals surface area contributed by atoms with Gasteiger partial charge in [0.1, 0.15) is 5.82 Å². The second kappa shape index (κ2) is 12.0. The number of anilines is 1. The molecule has 2 heterocycles. The van der Waals surface area contributed by atoms with E-state index in [4.69, 9.17) is 0 Å². The number of nitrogens with one attached hydrogen (secondary N) is 1. The lowest BCUT2D eigenvalue weighted by atomic mass is 9.76. The van der Waals surface area contributed by atoms with Crippen LogP contribution in [0.3, 0.4) is 0 Å². The Balaban J connectivity index is 1.64. The number of carbonyl (C=O) groups is 3. The third-order valence-electron chi connectivity index (χ3n) is 8.39. The van der Waals surface area contributed by atoms with Crippen LogP contribution in [0.2, 0.25) is 0 Å². The molecule has 2 fully saturated rings. The first-order valence-electron chi connectivity index (χ1n) is 14.3. The van der Waals surface area contributed by atoms with Crippen molar-refractivity contribution in [1.82, 2.24) is 14.7 Å². The van der Waals surface area contributed by atoms with Crippen molar-refractivity contribution in [3.05, 3.63) is 65.0 Å². The second-order valence-electron chi connectivity index (χ2n) is 12.5. The van der Waals surface area contributed by atoms with Crippen LogP contribution < -0.4 is 5.32 Å². The Labute approximate surface area is 237 Å². The summed E-state index contributed by atoms with van der Waals surface area (Å²) in [7, 11) is 3.48. The monoisotopic (exact) mass is 550 g/mol. The van der Waals surface area contributed by atoms with Crippen molar-refractivity contribution in [1.29, 1.82) is 0 Å². The van der Waals surface area contributed by atoms with Crippen molar-refractivity contribution in [2.45, 2.75) is 64.8 Å². The largest absolute Gasteiger partial charge is 0.334 e. The lowest BCUT2D eigenvalue weighted by molar-refractivity contribution is -0.124. The summed E-state index contributed by atoms with van der Waals surface area (Å²) in [6, 6.07) is 12.1. The third kappa shape index (κ3) is 6.31. The number of aryl methyl sites for hydroxylation is 1. The molecule has 4 amide bonds. The average Bonchev–Trinajstić information content (AvgIpc) is 2.91. The van der Waals surface area contributed by atoms with E-state index in [2.05, 4.69) is 32.2 Å². The van der Waals surface area contributed by atoms with Gasteiger partial charge in [-0.25, -0.2) is 9.18 Å². The van der Waals surface area contributed by atoms with E-state index < -0.39 is 11.7 Å². The molecule has 7 nitrogen and oxygen atoms in total. The van der Waals surface area contributed by atoms with Crippen LogP contribution in [-0.4, -0.2) is 72.3 Å². The van der Waals surface area contributed by atoms with Gasteiger partial charge in [-0.05, 0) is 73.3 Å². The topological polar surface area (TPSA) is 73.0 Å². The van der Waals surface area contributed by atoms with E-state index in [0.717, 1.165) is 11.3 Å². The Bertz CT molecular complexity index is 1230. The molecule has 0 spiro atoms. The summed E-state index contributed by atoms with van der Waals surface area (Å²) in [6.07, 6.45) is 2.65. The van der Waals surface area contributed by atoms with Gasteiger partial charge in [0.05, 0.1) is 11.5 Å². The zero-order chi connectivity index (χ0) is 29.2. The van der Waals surface area contributed by atoms with Crippen LogP contribution in [0.1, 0.15) is 67.9 Å². The van der Waals surface area contributed by atoms with Crippen molar-refractivity contribution >= 4 is 23.5 Å². The number of likely N-dealkylation sites (tertiary alicyclic amines) is 2. The van der Waals surface area contributed by atoms with Gasteiger partial charge in [0, 0.05) is 45.5 Å². The number of rotatable bonds is 4. The first-order valence-corrected chi connectivity index (χ1v) is 14.3. The number of hydrogen-bond acceptors (Lipinski definition) is 3. The van der Waals surface area contributed by atoms with Crippen LogP contribution >= 0.6 is 0 Å². The maximum absolute atomic E-state index is 14.9. The smallest absolute Gasteiger partial charge is 0.319 e. The highest BCUT2D eigenvalue weighted by Gasteiger charge is 2.44. The van der Waals surface area contributed by atoms with Crippen LogP contribution in [0.5, 0.6) is 0 Å². The zero-order valence-electron chi connectivity index (χ0n) is 24.7. The van der Waals surface area contributed by atoms with Crippen molar-refractivity contribution in [2.75, 3.05) is 39.0 Å². The van der Waals surface area contributed by atoms with Crippen molar-refractivity contribution in [3.63, 3.8) is 0 Å². The van der Waals surface area contributed by atoms with Gasteiger partial charge in [-0.2, -0.15) is 0 Å². The highest BCUT2D eigenvalue weighted by atomic mass is 19.1. The summed E-state index contributed by atoms with van der Waals surface area (Å²) in [5, 5.41) is 3.13. The molecule has 1 N–H and O–H groups in total. The molecule has 2 unspecified atom stereocenters. The van der Waals surface area contributed by atoms with Crippen LogP contribution in [0.4, 0.5) is 14.9 Å². The van der Waals surface area contributed by atoms with Gasteiger partial charge < -0.3 is 20.0 Å². The Morgan fingerprint density at radius 2 is 1.65 bits per heavy atom. The summed E-state index contributed by atoms with van der Waals surface area (Å²) in [6.45, 7) is 9.72. The lowest BCUT2D eigenvalue weighted by Crippen LogP contribution is -2.57. The minimum atomic E-state index is -0.541. The molecule has 0 aromatic heterocycles. The van der Waals surface area contributed by atoms with E-state index in [0.29, 0.717) is 50.9 Å². The van der Waals surface area contributed by atoms with E-state index in [1.165, 1.54) is 6.07 Å². The fraction of sp³-hybridized carbons (Fsp3) is 0.531. The number of halogens is 1. The highest BCUT2D eigenvalue weighted by Crippen LogP contribution is 2.37. The predicted molar refractivity (Wildman–Crippen MR) is 156 cm³/mol. The molecule has 2 aliphatic rings. The van der Waals surface area contributed by atoms with Gasteiger partial charge in [0.2, 0.25) is 5.91 Å². The van der Waals surface area contributed by atoms with Gasteiger partial charge in [-0.15, -0.1) is 0 Å². The normalized spacial score (nSPS) is 20.3. The van der Waals surface area contributed by atoms with E-state index in [1.54, 1.807) is 43.0 Å². The first kappa shape index (κ1) is 29.6. The number of hydrogen-bond donors (Lipinski definition) is 1. The summed E-state index contributed by atoms with van der Waals surface area (Å²) in [5.41, 5.74) is 2.45. The van der Waals surface area contributed by atoms with Gasteiger partial charge in [0.25, 0.3) is 5.91 Å². The fourth-order valence-electron chi connectivity index (χ4n) is 6.18. The SMILES string of the molecule is Cc1cccc(F)c1C(=O)N1CCCC(C(=O)Nc2cccc(C(C)(C)C)c2)C1C1CCN(C(=O)N(C)C)CC1. The van der Waals surface area contributed by atoms with E-state index in [-0.39, 0.29) is 40.8 Å². The molecule has 2 aromatic rings. The van der Waals surface area contributed by atoms with Crippen molar-refractivity contribution < 1.29 is 18.8 Å². The molecule has 0 radical (unpaired) electrons. The highest BCUT2D eigenvalue weighted by molar-refractivity contribution is 5.98. The summed E-state index contributed by atoms with van der Waals surface area (Å²) < 4.78 is 14.9. The Hall–Kier alpha value is -3.42. The molecule has 2 saturated heterocycles. The maximum atomic E-state index is 14.9. The van der Waals surface area contributed by atoms with Gasteiger partial charge in [-0.3, -0.25) is 9.59 Å². The maximum Gasteiger partial charge on any atom is 0.319 e. The molecule has 0 bridgehead atoms. The standard InChI is InChI=1S/C32H43FN4O3/c1-21-10-7-14-26(33)27(21)30(39)37-17-9-13-25(28(37)22-15-18-36(19-16-22)31(40)35(5)6)29(38)34-24-12-8-11-23(20-24)32(2,3)4/h7-8,10-12,14,20,22,25,28H,9,13,15-19H2,1-6H3,(H,34,38). The summed E-state index contributed by atoms with van der Waals surface area (Å²) in [4.78, 5) is 45.5. The number of nitrogens with zero attached hydrogens (tertiary/aromatic N) is 3. The molecular weight excluding hydrogens is 507 g/mol. The minimum absolute atomic E-state index is 0.0131. The van der Waals surface area contributed by atoms with Crippen LogP contribution in [-0.2, 0) is 10.2 Å². The van der Waals surface area contributed by atoms with Crippen molar-refractivity contribution in [3.8, 4) is 0 Å². The third-order valence-corrected chi connectivity index (χ3v) is 8.39.